The molecule has 0 amide bonds. The second-order valence-corrected chi connectivity index (χ2v) is 3.13. The zero-order chi connectivity index (χ0) is 10.1. The minimum absolute atomic E-state index is 0.265. The van der Waals surface area contributed by atoms with Gasteiger partial charge in [-0.05, 0) is 24.6 Å². The Morgan fingerprint density at radius 1 is 1.36 bits per heavy atom. The second-order valence-electron chi connectivity index (χ2n) is 3.13. The summed E-state index contributed by atoms with van der Waals surface area (Å²) in [6.45, 7) is 1.94. The third-order valence-electron chi connectivity index (χ3n) is 2.05. The molecule has 1 aromatic heterocycles. The molecule has 0 saturated carbocycles. The van der Waals surface area contributed by atoms with Crippen LogP contribution in [0.4, 0.5) is 0 Å². The molecule has 0 unspecified atom stereocenters. The lowest BCUT2D eigenvalue weighted by molar-refractivity contribution is 0.558. The summed E-state index contributed by atoms with van der Waals surface area (Å²) in [6, 6.07) is 7.31. The summed E-state index contributed by atoms with van der Waals surface area (Å²) < 4.78 is 5.07. The van der Waals surface area contributed by atoms with Gasteiger partial charge in [-0.15, -0.1) is 6.42 Å². The first kappa shape index (κ1) is 8.58. The predicted octanol–water partition coefficient (Wildman–Crippen LogP) is 2.08. The van der Waals surface area contributed by atoms with Crippen LogP contribution < -0.4 is 5.63 Å². The summed E-state index contributed by atoms with van der Waals surface area (Å²) in [4.78, 5) is 11.3. The van der Waals surface area contributed by atoms with Crippen LogP contribution in [-0.4, -0.2) is 0 Å². The van der Waals surface area contributed by atoms with E-state index < -0.39 is 5.63 Å². The molecule has 0 spiro atoms. The first-order valence-corrected chi connectivity index (χ1v) is 4.22. The molecule has 2 nitrogen and oxygen atoms in total. The molecule has 0 bridgehead atoms. The van der Waals surface area contributed by atoms with E-state index >= 15 is 0 Å². The van der Waals surface area contributed by atoms with E-state index in [4.69, 9.17) is 10.8 Å². The van der Waals surface area contributed by atoms with E-state index in [1.54, 1.807) is 6.07 Å². The van der Waals surface area contributed by atoms with Crippen molar-refractivity contribution in [3.05, 3.63) is 45.8 Å². The molecule has 0 aliphatic heterocycles. The third-order valence-corrected chi connectivity index (χ3v) is 2.05. The summed E-state index contributed by atoms with van der Waals surface area (Å²) in [7, 11) is 0. The van der Waals surface area contributed by atoms with E-state index in [1.165, 1.54) is 0 Å². The van der Waals surface area contributed by atoms with Gasteiger partial charge >= 0.3 is 5.63 Å². The van der Waals surface area contributed by atoms with Crippen molar-refractivity contribution in [1.29, 1.82) is 0 Å². The van der Waals surface area contributed by atoms with E-state index in [0.29, 0.717) is 5.58 Å². The quantitative estimate of drug-likeness (QED) is 0.463. The number of hydrogen-bond acceptors (Lipinski definition) is 2. The summed E-state index contributed by atoms with van der Waals surface area (Å²) >= 11 is 0. The maximum absolute atomic E-state index is 11.3. The minimum Gasteiger partial charge on any atom is -0.422 e. The number of hydrogen-bond donors (Lipinski definition) is 0. The molecule has 2 heteroatoms. The van der Waals surface area contributed by atoms with Crippen molar-refractivity contribution in [3.8, 4) is 12.3 Å². The Morgan fingerprint density at radius 3 is 2.86 bits per heavy atom. The summed E-state index contributed by atoms with van der Waals surface area (Å²) in [6.07, 6.45) is 5.16. The SMILES string of the molecule is C#Cc1cc2ccc(C)cc2oc1=O. The van der Waals surface area contributed by atoms with Crippen molar-refractivity contribution >= 4 is 11.0 Å². The van der Waals surface area contributed by atoms with Crippen molar-refractivity contribution in [2.24, 2.45) is 0 Å². The highest BCUT2D eigenvalue weighted by atomic mass is 16.4. The number of terminal acetylenes is 1. The van der Waals surface area contributed by atoms with Crippen molar-refractivity contribution in [1.82, 2.24) is 0 Å². The lowest BCUT2D eigenvalue weighted by Gasteiger charge is -1.98. The van der Waals surface area contributed by atoms with Gasteiger partial charge in [0.05, 0.1) is 0 Å². The zero-order valence-electron chi connectivity index (χ0n) is 7.70. The molecular formula is C12H8O2. The van der Waals surface area contributed by atoms with Crippen LogP contribution in [0.5, 0.6) is 0 Å². The van der Waals surface area contributed by atoms with Gasteiger partial charge in [-0.25, -0.2) is 4.79 Å². The van der Waals surface area contributed by atoms with Gasteiger partial charge in [-0.1, -0.05) is 18.1 Å². The highest BCUT2D eigenvalue weighted by Gasteiger charge is 2.02. The Bertz CT molecular complexity index is 585. The van der Waals surface area contributed by atoms with Crippen molar-refractivity contribution in [2.45, 2.75) is 6.92 Å². The molecule has 0 atom stereocenters. The van der Waals surface area contributed by atoms with Crippen LogP contribution in [0.15, 0.2) is 33.5 Å². The van der Waals surface area contributed by atoms with Crippen LogP contribution >= 0.6 is 0 Å². The highest BCUT2D eigenvalue weighted by molar-refractivity contribution is 5.78. The molecule has 2 aromatic rings. The molecule has 0 N–H and O–H groups in total. The molecule has 0 aliphatic rings. The summed E-state index contributed by atoms with van der Waals surface area (Å²) in [5.41, 5.74) is 1.44. The molecule has 14 heavy (non-hydrogen) atoms. The van der Waals surface area contributed by atoms with E-state index in [2.05, 4.69) is 5.92 Å². The molecule has 0 aliphatic carbocycles. The normalized spacial score (nSPS) is 10.0. The van der Waals surface area contributed by atoms with Crippen molar-refractivity contribution in [3.63, 3.8) is 0 Å². The topological polar surface area (TPSA) is 30.2 Å². The fraction of sp³-hybridized carbons (Fsp3) is 0.0833. The van der Waals surface area contributed by atoms with Gasteiger partial charge in [0.1, 0.15) is 11.1 Å². The minimum atomic E-state index is -0.453. The van der Waals surface area contributed by atoms with Gasteiger partial charge in [0.25, 0.3) is 0 Å². The Hall–Kier alpha value is -2.01. The monoisotopic (exact) mass is 184 g/mol. The van der Waals surface area contributed by atoms with Crippen LogP contribution in [0.1, 0.15) is 11.1 Å². The van der Waals surface area contributed by atoms with Crippen LogP contribution in [0.2, 0.25) is 0 Å². The van der Waals surface area contributed by atoms with Gasteiger partial charge in [0.15, 0.2) is 0 Å². The molecule has 68 valence electrons. The molecular weight excluding hydrogens is 176 g/mol. The standard InChI is InChI=1S/C12H8O2/c1-3-9-7-10-5-4-8(2)6-11(10)14-12(9)13/h1,4-7H,2H3. The van der Waals surface area contributed by atoms with E-state index in [1.807, 2.05) is 25.1 Å². The maximum Gasteiger partial charge on any atom is 0.352 e. The van der Waals surface area contributed by atoms with Crippen molar-refractivity contribution in [2.75, 3.05) is 0 Å². The van der Waals surface area contributed by atoms with E-state index in [0.717, 1.165) is 10.9 Å². The predicted molar refractivity (Wildman–Crippen MR) is 55.2 cm³/mol. The second kappa shape index (κ2) is 3.04. The molecule has 2 rings (SSSR count). The van der Waals surface area contributed by atoms with Gasteiger partial charge in [0, 0.05) is 5.39 Å². The molecule has 0 radical (unpaired) electrons. The lowest BCUT2D eigenvalue weighted by Crippen LogP contribution is -2.02. The average molecular weight is 184 g/mol. The average Bonchev–Trinajstić information content (AvgIpc) is 2.16. The Balaban J connectivity index is 2.88. The molecule has 1 aromatic carbocycles. The molecule has 1 heterocycles. The largest absolute Gasteiger partial charge is 0.422 e. The fourth-order valence-corrected chi connectivity index (χ4v) is 1.32. The van der Waals surface area contributed by atoms with E-state index in [-0.39, 0.29) is 5.56 Å². The number of fused-ring (bicyclic) bond motifs is 1. The van der Waals surface area contributed by atoms with Crippen LogP contribution in [0.25, 0.3) is 11.0 Å². The van der Waals surface area contributed by atoms with Crippen LogP contribution in [0.3, 0.4) is 0 Å². The molecule has 0 fully saturated rings. The van der Waals surface area contributed by atoms with Gasteiger partial charge < -0.3 is 4.42 Å². The van der Waals surface area contributed by atoms with Crippen molar-refractivity contribution < 1.29 is 4.42 Å². The number of rotatable bonds is 0. The number of aryl methyl sites for hydroxylation is 1. The first-order valence-electron chi connectivity index (χ1n) is 4.22. The fourth-order valence-electron chi connectivity index (χ4n) is 1.32. The zero-order valence-corrected chi connectivity index (χ0v) is 7.70. The maximum atomic E-state index is 11.3. The third kappa shape index (κ3) is 1.29. The smallest absolute Gasteiger partial charge is 0.352 e. The Labute approximate surface area is 81.2 Å². The Morgan fingerprint density at radius 2 is 2.14 bits per heavy atom. The van der Waals surface area contributed by atoms with Gasteiger partial charge in [-0.2, -0.15) is 0 Å². The van der Waals surface area contributed by atoms with Crippen LogP contribution in [0, 0.1) is 19.3 Å². The van der Waals surface area contributed by atoms with Crippen LogP contribution in [-0.2, 0) is 0 Å². The Kier molecular flexibility index (Phi) is 1.86. The van der Waals surface area contributed by atoms with E-state index in [9.17, 15) is 4.79 Å². The first-order chi connectivity index (χ1) is 6.70. The number of benzene rings is 1. The highest BCUT2D eigenvalue weighted by Crippen LogP contribution is 2.14. The lowest BCUT2D eigenvalue weighted by atomic mass is 10.1. The van der Waals surface area contributed by atoms with Gasteiger partial charge in [-0.3, -0.25) is 0 Å². The van der Waals surface area contributed by atoms with Gasteiger partial charge in [0.2, 0.25) is 0 Å². The molecule has 0 saturated heterocycles. The summed E-state index contributed by atoms with van der Waals surface area (Å²) in [5.74, 6) is 2.30. The summed E-state index contributed by atoms with van der Waals surface area (Å²) in [5, 5.41) is 0.850.